The molecule has 96 valence electrons. The molecule has 0 N–H and O–H groups in total. The Morgan fingerprint density at radius 1 is 1.26 bits per heavy atom. The first-order valence-corrected chi connectivity index (χ1v) is 6.22. The van der Waals surface area contributed by atoms with Crippen LogP contribution in [-0.4, -0.2) is 12.4 Å². The van der Waals surface area contributed by atoms with Crippen LogP contribution >= 0.6 is 0 Å². The van der Waals surface area contributed by atoms with Crippen molar-refractivity contribution in [2.75, 3.05) is 0 Å². The molecule has 1 atom stereocenters. The molecule has 0 bridgehead atoms. The van der Waals surface area contributed by atoms with E-state index in [2.05, 4.69) is 0 Å². The summed E-state index contributed by atoms with van der Waals surface area (Å²) in [6, 6.07) is 9.91. The van der Waals surface area contributed by atoms with Gasteiger partial charge in [-0.2, -0.15) is 0 Å². The molecule has 2 nitrogen and oxygen atoms in total. The summed E-state index contributed by atoms with van der Waals surface area (Å²) in [6.07, 6.45) is 1.76. The molecule has 0 saturated carbocycles. The number of ether oxygens (including phenoxy) is 1. The zero-order chi connectivity index (χ0) is 13.4. The quantitative estimate of drug-likeness (QED) is 0.767. The summed E-state index contributed by atoms with van der Waals surface area (Å²) in [5.74, 6) is 0.533. The number of rotatable bonds is 2. The Hall–Kier alpha value is -2.16. The highest BCUT2D eigenvalue weighted by molar-refractivity contribution is 5.87. The van der Waals surface area contributed by atoms with Gasteiger partial charge >= 0.3 is 0 Å². The fourth-order valence-electron chi connectivity index (χ4n) is 2.47. The lowest BCUT2D eigenvalue weighted by Gasteiger charge is -2.07. The van der Waals surface area contributed by atoms with Crippen molar-refractivity contribution in [2.24, 2.45) is 0 Å². The van der Waals surface area contributed by atoms with Crippen molar-refractivity contribution in [3.8, 4) is 16.9 Å². The molecule has 1 aliphatic rings. The van der Waals surface area contributed by atoms with E-state index in [-0.39, 0.29) is 11.9 Å². The number of carbonyl (C=O) groups excluding carboxylic acids is 1. The molecule has 3 rings (SSSR count). The molecule has 0 saturated heterocycles. The van der Waals surface area contributed by atoms with Crippen LogP contribution in [0.5, 0.6) is 5.75 Å². The minimum Gasteiger partial charge on any atom is -0.490 e. The van der Waals surface area contributed by atoms with Crippen molar-refractivity contribution in [2.45, 2.75) is 19.4 Å². The number of benzene rings is 2. The number of fused-ring (bicyclic) bond motifs is 1. The van der Waals surface area contributed by atoms with E-state index in [9.17, 15) is 9.18 Å². The predicted molar refractivity (Wildman–Crippen MR) is 71.0 cm³/mol. The smallest absolute Gasteiger partial charge is 0.150 e. The number of hydrogen-bond acceptors (Lipinski definition) is 2. The highest BCUT2D eigenvalue weighted by Gasteiger charge is 2.19. The fourth-order valence-corrected chi connectivity index (χ4v) is 2.47. The van der Waals surface area contributed by atoms with Crippen LogP contribution in [0, 0.1) is 5.82 Å². The van der Waals surface area contributed by atoms with Gasteiger partial charge in [-0.05, 0) is 53.9 Å². The monoisotopic (exact) mass is 256 g/mol. The van der Waals surface area contributed by atoms with E-state index in [1.807, 2.05) is 25.1 Å². The first-order chi connectivity index (χ1) is 9.17. The third-order valence-corrected chi connectivity index (χ3v) is 3.35. The van der Waals surface area contributed by atoms with Crippen molar-refractivity contribution < 1.29 is 13.9 Å². The molecular formula is C16H13FO2. The van der Waals surface area contributed by atoms with E-state index in [0.717, 1.165) is 29.6 Å². The van der Waals surface area contributed by atoms with Gasteiger partial charge in [-0.25, -0.2) is 4.39 Å². The molecule has 0 aliphatic carbocycles. The summed E-state index contributed by atoms with van der Waals surface area (Å²) in [7, 11) is 0. The zero-order valence-electron chi connectivity index (χ0n) is 10.5. The first kappa shape index (κ1) is 11.9. The van der Waals surface area contributed by atoms with Gasteiger partial charge in [-0.3, -0.25) is 4.79 Å². The Morgan fingerprint density at radius 3 is 2.89 bits per heavy atom. The van der Waals surface area contributed by atoms with E-state index in [4.69, 9.17) is 4.74 Å². The van der Waals surface area contributed by atoms with Crippen LogP contribution in [-0.2, 0) is 6.42 Å². The molecule has 0 amide bonds. The summed E-state index contributed by atoms with van der Waals surface area (Å²) in [5.41, 5.74) is 3.06. The highest BCUT2D eigenvalue weighted by Crippen LogP contribution is 2.33. The van der Waals surface area contributed by atoms with Crippen molar-refractivity contribution in [3.63, 3.8) is 0 Å². The molecule has 0 radical (unpaired) electrons. The normalized spacial score (nSPS) is 16.8. The molecule has 0 spiro atoms. The Bertz CT molecular complexity index is 649. The second kappa shape index (κ2) is 4.50. The van der Waals surface area contributed by atoms with Gasteiger partial charge in [0, 0.05) is 12.0 Å². The number of aldehydes is 1. The van der Waals surface area contributed by atoms with Gasteiger partial charge < -0.3 is 4.74 Å². The number of halogens is 1. The lowest BCUT2D eigenvalue weighted by Crippen LogP contribution is -2.05. The number of hydrogen-bond donors (Lipinski definition) is 0. The van der Waals surface area contributed by atoms with Crippen LogP contribution in [0.2, 0.25) is 0 Å². The lowest BCUT2D eigenvalue weighted by molar-refractivity contribution is 0.112. The SMILES string of the molecule is CC1Cc2cc(-c3cc(F)ccc3C=O)ccc2O1. The maximum absolute atomic E-state index is 13.4. The summed E-state index contributed by atoms with van der Waals surface area (Å²) in [5, 5.41) is 0. The minimum atomic E-state index is -0.342. The van der Waals surface area contributed by atoms with Crippen LogP contribution in [0.15, 0.2) is 36.4 Å². The van der Waals surface area contributed by atoms with Gasteiger partial charge in [0.05, 0.1) is 0 Å². The largest absolute Gasteiger partial charge is 0.490 e. The third kappa shape index (κ3) is 2.12. The summed E-state index contributed by atoms with van der Waals surface area (Å²) in [6.45, 7) is 2.01. The molecule has 19 heavy (non-hydrogen) atoms. The topological polar surface area (TPSA) is 26.3 Å². The van der Waals surface area contributed by atoms with E-state index in [1.54, 1.807) is 0 Å². The Morgan fingerprint density at radius 2 is 2.11 bits per heavy atom. The molecule has 2 aromatic rings. The molecule has 0 fully saturated rings. The van der Waals surface area contributed by atoms with E-state index in [0.29, 0.717) is 11.1 Å². The molecule has 0 aromatic heterocycles. The maximum atomic E-state index is 13.4. The zero-order valence-corrected chi connectivity index (χ0v) is 10.5. The maximum Gasteiger partial charge on any atom is 0.150 e. The van der Waals surface area contributed by atoms with E-state index < -0.39 is 0 Å². The third-order valence-electron chi connectivity index (χ3n) is 3.35. The molecule has 2 aromatic carbocycles. The van der Waals surface area contributed by atoms with Crippen molar-refractivity contribution in [1.29, 1.82) is 0 Å². The molecular weight excluding hydrogens is 243 g/mol. The van der Waals surface area contributed by atoms with Crippen LogP contribution in [0.25, 0.3) is 11.1 Å². The fraction of sp³-hybridized carbons (Fsp3) is 0.188. The average molecular weight is 256 g/mol. The highest BCUT2D eigenvalue weighted by atomic mass is 19.1. The Labute approximate surface area is 110 Å². The standard InChI is InChI=1S/C16H13FO2/c1-10-6-13-7-11(3-5-16(13)19-10)15-8-14(17)4-2-12(15)9-18/h2-5,7-10H,6H2,1H3. The molecule has 3 heteroatoms. The Kier molecular flexibility index (Phi) is 2.82. The van der Waals surface area contributed by atoms with Crippen LogP contribution in [0.1, 0.15) is 22.8 Å². The van der Waals surface area contributed by atoms with Gasteiger partial charge in [0.15, 0.2) is 6.29 Å². The summed E-state index contributed by atoms with van der Waals surface area (Å²) < 4.78 is 19.0. The van der Waals surface area contributed by atoms with Crippen LogP contribution < -0.4 is 4.74 Å². The van der Waals surface area contributed by atoms with E-state index in [1.165, 1.54) is 18.2 Å². The van der Waals surface area contributed by atoms with Gasteiger partial charge in [-0.1, -0.05) is 6.07 Å². The second-order valence-corrected chi connectivity index (χ2v) is 4.80. The second-order valence-electron chi connectivity index (χ2n) is 4.80. The van der Waals surface area contributed by atoms with Crippen molar-refractivity contribution >= 4 is 6.29 Å². The van der Waals surface area contributed by atoms with Crippen molar-refractivity contribution in [3.05, 3.63) is 53.3 Å². The predicted octanol–water partition coefficient (Wildman–Crippen LogP) is 3.63. The summed E-state index contributed by atoms with van der Waals surface area (Å²) in [4.78, 5) is 11.1. The van der Waals surface area contributed by atoms with Gasteiger partial charge in [0.1, 0.15) is 17.7 Å². The molecule has 1 heterocycles. The van der Waals surface area contributed by atoms with Crippen molar-refractivity contribution in [1.82, 2.24) is 0 Å². The van der Waals surface area contributed by atoms with Crippen LogP contribution in [0.4, 0.5) is 4.39 Å². The van der Waals surface area contributed by atoms with E-state index >= 15 is 0 Å². The Balaban J connectivity index is 2.11. The first-order valence-electron chi connectivity index (χ1n) is 6.22. The van der Waals surface area contributed by atoms with Gasteiger partial charge in [-0.15, -0.1) is 0 Å². The van der Waals surface area contributed by atoms with Crippen LogP contribution in [0.3, 0.4) is 0 Å². The summed E-state index contributed by atoms with van der Waals surface area (Å²) >= 11 is 0. The molecule has 1 unspecified atom stereocenters. The number of carbonyl (C=O) groups is 1. The van der Waals surface area contributed by atoms with Gasteiger partial charge in [0.25, 0.3) is 0 Å². The average Bonchev–Trinajstić information content (AvgIpc) is 2.77. The lowest BCUT2D eigenvalue weighted by atomic mass is 9.97. The van der Waals surface area contributed by atoms with Gasteiger partial charge in [0.2, 0.25) is 0 Å². The minimum absolute atomic E-state index is 0.170. The molecule has 1 aliphatic heterocycles.